The molecule has 0 atom stereocenters. The number of nitrogens with zero attached hydrogens (tertiary/aromatic N) is 4. The van der Waals surface area contributed by atoms with Crippen LogP contribution in [0.3, 0.4) is 0 Å². The lowest BCUT2D eigenvalue weighted by molar-refractivity contribution is 0.291. The second-order valence-electron chi connectivity index (χ2n) is 4.26. The molecule has 0 aliphatic heterocycles. The molecule has 6 nitrogen and oxygen atoms in total. The predicted octanol–water partition coefficient (Wildman–Crippen LogP) is 1.11. The Morgan fingerprint density at radius 3 is 2.74 bits per heavy atom. The van der Waals surface area contributed by atoms with E-state index in [2.05, 4.69) is 10.1 Å². The third-order valence-electron chi connectivity index (χ3n) is 2.95. The highest BCUT2D eigenvalue weighted by molar-refractivity contribution is 5.32. The van der Waals surface area contributed by atoms with Gasteiger partial charge in [-0.1, -0.05) is 18.2 Å². The van der Waals surface area contributed by atoms with E-state index < -0.39 is 0 Å². The van der Waals surface area contributed by atoms with Gasteiger partial charge in [-0.2, -0.15) is 0 Å². The first-order chi connectivity index (χ1) is 9.28. The van der Waals surface area contributed by atoms with Crippen LogP contribution in [0.15, 0.2) is 36.5 Å². The fraction of sp³-hybridized carbons (Fsp3) is 0.231. The van der Waals surface area contributed by atoms with Gasteiger partial charge in [0.25, 0.3) is 0 Å². The number of hydrogen-bond acceptors (Lipinski definition) is 4. The number of hydrogen-bond donors (Lipinski definition) is 1. The largest absolute Gasteiger partial charge is 0.486 e. The summed E-state index contributed by atoms with van der Waals surface area (Å²) in [5, 5.41) is 4.43. The summed E-state index contributed by atoms with van der Waals surface area (Å²) < 4.78 is 9.31. The van der Waals surface area contributed by atoms with E-state index in [1.807, 2.05) is 48.1 Å². The lowest BCUT2D eigenvalue weighted by atomic mass is 10.3. The van der Waals surface area contributed by atoms with E-state index in [9.17, 15) is 0 Å². The van der Waals surface area contributed by atoms with Crippen molar-refractivity contribution in [2.45, 2.75) is 13.2 Å². The summed E-state index contributed by atoms with van der Waals surface area (Å²) in [7, 11) is 1.92. The molecule has 98 valence electrons. The van der Waals surface area contributed by atoms with Crippen molar-refractivity contribution >= 4 is 5.78 Å². The lowest BCUT2D eigenvalue weighted by Crippen LogP contribution is -2.04. The molecule has 0 saturated heterocycles. The van der Waals surface area contributed by atoms with Crippen LogP contribution in [0.4, 0.5) is 0 Å². The maximum absolute atomic E-state index is 5.68. The van der Waals surface area contributed by atoms with Crippen LogP contribution in [-0.2, 0) is 20.2 Å². The van der Waals surface area contributed by atoms with Gasteiger partial charge in [-0.3, -0.25) is 4.57 Å². The van der Waals surface area contributed by atoms with Crippen LogP contribution in [-0.4, -0.2) is 19.2 Å². The molecule has 0 bridgehead atoms. The number of aryl methyl sites for hydroxylation is 1. The number of imidazole rings is 1. The Morgan fingerprint density at radius 2 is 2.05 bits per heavy atom. The third kappa shape index (κ3) is 2.17. The van der Waals surface area contributed by atoms with E-state index in [1.54, 1.807) is 4.52 Å². The first-order valence-electron chi connectivity index (χ1n) is 6.05. The average molecular weight is 257 g/mol. The third-order valence-corrected chi connectivity index (χ3v) is 2.95. The minimum absolute atomic E-state index is 0.405. The Morgan fingerprint density at radius 1 is 1.26 bits per heavy atom. The normalized spacial score (nSPS) is 11.1. The Hall–Kier alpha value is -2.34. The van der Waals surface area contributed by atoms with E-state index in [0.717, 1.165) is 23.0 Å². The van der Waals surface area contributed by atoms with E-state index >= 15 is 0 Å². The van der Waals surface area contributed by atoms with Gasteiger partial charge >= 0.3 is 0 Å². The highest BCUT2D eigenvalue weighted by Crippen LogP contribution is 2.12. The number of fused-ring (bicyclic) bond motifs is 1. The molecule has 0 saturated carbocycles. The summed E-state index contributed by atoms with van der Waals surface area (Å²) in [5.41, 5.74) is 6.39. The summed E-state index contributed by atoms with van der Waals surface area (Å²) in [6.45, 7) is 0.820. The van der Waals surface area contributed by atoms with Crippen molar-refractivity contribution in [3.05, 3.63) is 48.0 Å². The highest BCUT2D eigenvalue weighted by atomic mass is 16.5. The smallest absolute Gasteiger partial charge is 0.232 e. The van der Waals surface area contributed by atoms with Crippen LogP contribution in [0.25, 0.3) is 5.78 Å². The molecule has 3 rings (SSSR count). The van der Waals surface area contributed by atoms with E-state index in [4.69, 9.17) is 10.5 Å². The summed E-state index contributed by atoms with van der Waals surface area (Å²) in [6.07, 6.45) is 1.83. The maximum atomic E-state index is 5.68. The van der Waals surface area contributed by atoms with Crippen molar-refractivity contribution in [2.24, 2.45) is 12.8 Å². The van der Waals surface area contributed by atoms with Crippen LogP contribution in [0, 0.1) is 0 Å². The van der Waals surface area contributed by atoms with Gasteiger partial charge in [-0.05, 0) is 12.1 Å². The van der Waals surface area contributed by atoms with Crippen LogP contribution >= 0.6 is 0 Å². The van der Waals surface area contributed by atoms with Crippen LogP contribution < -0.4 is 10.5 Å². The minimum Gasteiger partial charge on any atom is -0.486 e. The summed E-state index contributed by atoms with van der Waals surface area (Å²) in [4.78, 5) is 4.39. The standard InChI is InChI=1S/C13H15N5O/c1-17-12(9-19-11-5-3-2-4-6-11)16-18-8-10(7-14)15-13(17)18/h2-6,8H,7,9,14H2,1H3. The second-order valence-corrected chi connectivity index (χ2v) is 4.26. The van der Waals surface area contributed by atoms with Gasteiger partial charge in [0, 0.05) is 13.6 Å². The average Bonchev–Trinajstić information content (AvgIpc) is 2.97. The van der Waals surface area contributed by atoms with Gasteiger partial charge in [0.05, 0.1) is 11.9 Å². The molecule has 0 aliphatic rings. The molecule has 1 aromatic carbocycles. The maximum Gasteiger partial charge on any atom is 0.232 e. The zero-order chi connectivity index (χ0) is 13.2. The van der Waals surface area contributed by atoms with Crippen molar-refractivity contribution in [3.63, 3.8) is 0 Å². The number of ether oxygens (including phenoxy) is 1. The molecule has 0 unspecified atom stereocenters. The van der Waals surface area contributed by atoms with Crippen LogP contribution in [0.5, 0.6) is 5.75 Å². The number of para-hydroxylation sites is 1. The fourth-order valence-electron chi connectivity index (χ4n) is 1.91. The molecule has 6 heteroatoms. The molecule has 2 aromatic heterocycles. The van der Waals surface area contributed by atoms with Crippen LogP contribution in [0.2, 0.25) is 0 Å². The van der Waals surface area contributed by atoms with Gasteiger partial charge < -0.3 is 10.5 Å². The van der Waals surface area contributed by atoms with Crippen molar-refractivity contribution in [1.29, 1.82) is 0 Å². The van der Waals surface area contributed by atoms with Gasteiger partial charge in [-0.15, -0.1) is 5.10 Å². The quantitative estimate of drug-likeness (QED) is 0.760. The molecular formula is C13H15N5O. The zero-order valence-electron chi connectivity index (χ0n) is 10.7. The second kappa shape index (κ2) is 4.74. The van der Waals surface area contributed by atoms with Crippen LogP contribution in [0.1, 0.15) is 11.5 Å². The molecule has 0 amide bonds. The van der Waals surface area contributed by atoms with E-state index in [0.29, 0.717) is 13.2 Å². The molecule has 3 aromatic rings. The summed E-state index contributed by atoms with van der Waals surface area (Å²) in [5.74, 6) is 2.41. The molecule has 0 spiro atoms. The monoisotopic (exact) mass is 257 g/mol. The Bertz CT molecular complexity index is 686. The minimum atomic E-state index is 0.405. The van der Waals surface area contributed by atoms with E-state index in [-0.39, 0.29) is 0 Å². The molecule has 0 radical (unpaired) electrons. The molecular weight excluding hydrogens is 242 g/mol. The first kappa shape index (κ1) is 11.7. The van der Waals surface area contributed by atoms with Gasteiger partial charge in [0.2, 0.25) is 5.78 Å². The topological polar surface area (TPSA) is 70.4 Å². The predicted molar refractivity (Wildman–Crippen MR) is 70.6 cm³/mol. The number of aromatic nitrogens is 4. The lowest BCUT2D eigenvalue weighted by Gasteiger charge is -2.04. The first-order valence-corrected chi connectivity index (χ1v) is 6.05. The number of nitrogens with two attached hydrogens (primary N) is 1. The van der Waals surface area contributed by atoms with E-state index in [1.165, 1.54) is 0 Å². The highest BCUT2D eigenvalue weighted by Gasteiger charge is 2.11. The van der Waals surface area contributed by atoms with Crippen molar-refractivity contribution < 1.29 is 4.74 Å². The van der Waals surface area contributed by atoms with Crippen molar-refractivity contribution in [1.82, 2.24) is 19.2 Å². The van der Waals surface area contributed by atoms with Crippen molar-refractivity contribution in [2.75, 3.05) is 0 Å². The fourth-order valence-corrected chi connectivity index (χ4v) is 1.91. The molecule has 2 heterocycles. The molecule has 0 aliphatic carbocycles. The zero-order valence-corrected chi connectivity index (χ0v) is 10.7. The SMILES string of the molecule is Cn1c(COc2ccccc2)nn2cc(CN)nc12. The number of benzene rings is 1. The summed E-state index contributed by atoms with van der Waals surface area (Å²) >= 11 is 0. The van der Waals surface area contributed by atoms with Gasteiger partial charge in [0.1, 0.15) is 12.4 Å². The molecule has 19 heavy (non-hydrogen) atoms. The van der Waals surface area contributed by atoms with Crippen molar-refractivity contribution in [3.8, 4) is 5.75 Å². The molecule has 2 N–H and O–H groups in total. The summed E-state index contributed by atoms with van der Waals surface area (Å²) in [6, 6.07) is 9.67. The van der Waals surface area contributed by atoms with Gasteiger partial charge in [-0.25, -0.2) is 9.50 Å². The molecule has 0 fully saturated rings. The number of rotatable bonds is 4. The Labute approximate surface area is 110 Å². The van der Waals surface area contributed by atoms with Gasteiger partial charge in [0.15, 0.2) is 5.82 Å². The Balaban J connectivity index is 1.81. The Kier molecular flexibility index (Phi) is 2.92.